The molecule has 0 amide bonds. The number of phenolic OH excluding ortho intramolecular Hbond substituents is 1. The molecule has 0 atom stereocenters. The van der Waals surface area contributed by atoms with Crippen LogP contribution in [0.15, 0.2) is 48.7 Å². The molecule has 0 radical (unpaired) electrons. The molecular formula is C17H15ClN4O. The lowest BCUT2D eigenvalue weighted by atomic mass is 10.1. The Morgan fingerprint density at radius 3 is 2.65 bits per heavy atom. The highest BCUT2D eigenvalue weighted by Gasteiger charge is 2.10. The summed E-state index contributed by atoms with van der Waals surface area (Å²) >= 11 is 0. The number of rotatable bonds is 2. The van der Waals surface area contributed by atoms with E-state index in [1.54, 1.807) is 18.3 Å². The van der Waals surface area contributed by atoms with Gasteiger partial charge in [0.2, 0.25) is 0 Å². The van der Waals surface area contributed by atoms with E-state index in [2.05, 4.69) is 20.5 Å². The lowest BCUT2D eigenvalue weighted by Crippen LogP contribution is -1.95. The summed E-state index contributed by atoms with van der Waals surface area (Å²) < 4.78 is 0. The molecule has 23 heavy (non-hydrogen) atoms. The molecule has 0 fully saturated rings. The van der Waals surface area contributed by atoms with Gasteiger partial charge in [-0.05, 0) is 49.4 Å². The van der Waals surface area contributed by atoms with Crippen molar-refractivity contribution in [2.24, 2.45) is 0 Å². The Kier molecular flexibility index (Phi) is 3.80. The predicted molar refractivity (Wildman–Crippen MR) is 94.8 cm³/mol. The number of aromatic amines is 1. The van der Waals surface area contributed by atoms with Gasteiger partial charge in [-0.3, -0.25) is 10.1 Å². The van der Waals surface area contributed by atoms with E-state index < -0.39 is 0 Å². The van der Waals surface area contributed by atoms with Crippen LogP contribution in [0, 0.1) is 6.92 Å². The maximum absolute atomic E-state index is 9.40. The van der Waals surface area contributed by atoms with E-state index in [-0.39, 0.29) is 18.2 Å². The second kappa shape index (κ2) is 5.78. The van der Waals surface area contributed by atoms with E-state index in [9.17, 15) is 5.11 Å². The van der Waals surface area contributed by atoms with Gasteiger partial charge in [-0.25, -0.2) is 0 Å². The van der Waals surface area contributed by atoms with E-state index in [4.69, 9.17) is 0 Å². The molecule has 2 aromatic carbocycles. The second-order valence-corrected chi connectivity index (χ2v) is 5.28. The Hall–Kier alpha value is -2.79. The molecule has 5 nitrogen and oxygen atoms in total. The molecule has 4 rings (SSSR count). The van der Waals surface area contributed by atoms with Crippen molar-refractivity contribution in [2.45, 2.75) is 6.92 Å². The zero-order valence-electron chi connectivity index (χ0n) is 12.4. The molecule has 0 unspecified atom stereocenters. The van der Waals surface area contributed by atoms with Gasteiger partial charge in [-0.1, -0.05) is 0 Å². The highest BCUT2D eigenvalue weighted by atomic mass is 35.5. The summed E-state index contributed by atoms with van der Waals surface area (Å²) in [5, 5.41) is 22.0. The number of halogens is 1. The normalized spacial score (nSPS) is 10.7. The van der Waals surface area contributed by atoms with Crippen LogP contribution in [0.1, 0.15) is 5.69 Å². The first kappa shape index (κ1) is 15.1. The monoisotopic (exact) mass is 326 g/mol. The summed E-state index contributed by atoms with van der Waals surface area (Å²) in [6.45, 7) is 1.97. The number of nitrogens with zero attached hydrogens (tertiary/aromatic N) is 2. The van der Waals surface area contributed by atoms with Crippen molar-refractivity contribution in [2.75, 3.05) is 5.32 Å². The summed E-state index contributed by atoms with van der Waals surface area (Å²) in [5.74, 6) is 0.247. The standard InChI is InChI=1S/C17H14N4O.ClH/c1-10-8-15(20-12-3-5-13(22)6-4-12)16-14(19-10)7-2-11-9-18-21-17(11)16;/h2-9,22H,1H3,(H,18,21)(H,19,20);1H. The molecule has 2 aromatic heterocycles. The topological polar surface area (TPSA) is 73.8 Å². The highest BCUT2D eigenvalue weighted by Crippen LogP contribution is 2.32. The number of hydrogen-bond donors (Lipinski definition) is 3. The number of nitrogens with one attached hydrogen (secondary N) is 2. The molecule has 4 aromatic rings. The summed E-state index contributed by atoms with van der Waals surface area (Å²) in [6, 6.07) is 13.0. The fourth-order valence-electron chi connectivity index (χ4n) is 2.67. The zero-order chi connectivity index (χ0) is 15.1. The number of H-pyrrole nitrogens is 1. The maximum Gasteiger partial charge on any atom is 0.115 e. The number of aromatic hydroxyl groups is 1. The highest BCUT2D eigenvalue weighted by molar-refractivity contribution is 6.10. The summed E-state index contributed by atoms with van der Waals surface area (Å²) in [7, 11) is 0. The van der Waals surface area contributed by atoms with Gasteiger partial charge in [0.1, 0.15) is 5.75 Å². The Morgan fingerprint density at radius 2 is 1.87 bits per heavy atom. The van der Waals surface area contributed by atoms with Gasteiger partial charge in [0.25, 0.3) is 0 Å². The molecule has 0 bridgehead atoms. The third-order valence-corrected chi connectivity index (χ3v) is 3.66. The fourth-order valence-corrected chi connectivity index (χ4v) is 2.67. The number of hydrogen-bond acceptors (Lipinski definition) is 4. The number of aromatic nitrogens is 3. The molecule has 3 N–H and O–H groups in total. The second-order valence-electron chi connectivity index (χ2n) is 5.28. The minimum atomic E-state index is 0. The first-order valence-electron chi connectivity index (χ1n) is 7.00. The maximum atomic E-state index is 9.40. The van der Waals surface area contributed by atoms with Crippen LogP contribution in [0.25, 0.3) is 21.8 Å². The van der Waals surface area contributed by atoms with Gasteiger partial charge in [0.05, 0.1) is 22.9 Å². The number of phenols is 1. The van der Waals surface area contributed by atoms with E-state index >= 15 is 0 Å². The van der Waals surface area contributed by atoms with Crippen molar-refractivity contribution in [1.82, 2.24) is 15.2 Å². The van der Waals surface area contributed by atoms with Gasteiger partial charge < -0.3 is 10.4 Å². The van der Waals surface area contributed by atoms with Crippen LogP contribution in [0.5, 0.6) is 5.75 Å². The van der Waals surface area contributed by atoms with E-state index in [0.717, 1.165) is 38.9 Å². The summed E-state index contributed by atoms with van der Waals surface area (Å²) in [5.41, 5.74) is 4.68. The molecule has 6 heteroatoms. The van der Waals surface area contributed by atoms with Crippen molar-refractivity contribution in [1.29, 1.82) is 0 Å². The van der Waals surface area contributed by atoms with Gasteiger partial charge in [0.15, 0.2) is 0 Å². The van der Waals surface area contributed by atoms with Gasteiger partial charge in [-0.15, -0.1) is 12.4 Å². The predicted octanol–water partition coefficient (Wildman–Crippen LogP) is 4.29. The Labute approximate surface area is 138 Å². The van der Waals surface area contributed by atoms with Gasteiger partial charge in [-0.2, -0.15) is 5.10 Å². The van der Waals surface area contributed by atoms with Gasteiger partial charge >= 0.3 is 0 Å². The average molecular weight is 327 g/mol. The molecule has 0 aliphatic carbocycles. The zero-order valence-corrected chi connectivity index (χ0v) is 13.2. The Morgan fingerprint density at radius 1 is 1.09 bits per heavy atom. The van der Waals surface area contributed by atoms with Crippen molar-refractivity contribution in [3.8, 4) is 5.75 Å². The molecule has 0 saturated heterocycles. The van der Waals surface area contributed by atoms with Crippen molar-refractivity contribution in [3.05, 3.63) is 54.4 Å². The number of pyridine rings is 1. The SMILES string of the molecule is Cc1cc(Nc2ccc(O)cc2)c2c(ccc3cn[nH]c32)n1.Cl. The van der Waals surface area contributed by atoms with Crippen molar-refractivity contribution in [3.63, 3.8) is 0 Å². The first-order chi connectivity index (χ1) is 10.7. The van der Waals surface area contributed by atoms with Crippen LogP contribution in [-0.4, -0.2) is 20.3 Å². The van der Waals surface area contributed by atoms with Crippen LogP contribution in [0.4, 0.5) is 11.4 Å². The molecule has 2 heterocycles. The quantitative estimate of drug-likeness (QED) is 0.480. The average Bonchev–Trinajstić information content (AvgIpc) is 2.97. The summed E-state index contributed by atoms with van der Waals surface area (Å²) in [4.78, 5) is 4.59. The lowest BCUT2D eigenvalue weighted by molar-refractivity contribution is 0.475. The van der Waals surface area contributed by atoms with Crippen LogP contribution >= 0.6 is 12.4 Å². The minimum Gasteiger partial charge on any atom is -0.508 e. The van der Waals surface area contributed by atoms with Crippen LogP contribution in [-0.2, 0) is 0 Å². The van der Waals surface area contributed by atoms with Crippen LogP contribution in [0.2, 0.25) is 0 Å². The van der Waals surface area contributed by atoms with E-state index in [0.29, 0.717) is 0 Å². The molecular weight excluding hydrogens is 312 g/mol. The van der Waals surface area contributed by atoms with Gasteiger partial charge in [0, 0.05) is 22.2 Å². The number of benzene rings is 2. The van der Waals surface area contributed by atoms with Crippen molar-refractivity contribution >= 4 is 45.6 Å². The molecule has 0 spiro atoms. The third-order valence-electron chi connectivity index (χ3n) is 3.66. The van der Waals surface area contributed by atoms with Crippen molar-refractivity contribution < 1.29 is 5.11 Å². The van der Waals surface area contributed by atoms with Crippen LogP contribution < -0.4 is 5.32 Å². The number of fused-ring (bicyclic) bond motifs is 3. The largest absolute Gasteiger partial charge is 0.508 e. The molecule has 0 aliphatic rings. The Balaban J connectivity index is 0.00000156. The van der Waals surface area contributed by atoms with E-state index in [1.165, 1.54) is 0 Å². The molecule has 0 aliphatic heterocycles. The van der Waals surface area contributed by atoms with E-state index in [1.807, 2.05) is 37.3 Å². The third kappa shape index (κ3) is 2.66. The molecule has 116 valence electrons. The lowest BCUT2D eigenvalue weighted by Gasteiger charge is -2.11. The van der Waals surface area contributed by atoms with Crippen LogP contribution in [0.3, 0.4) is 0 Å². The first-order valence-corrected chi connectivity index (χ1v) is 7.00. The summed E-state index contributed by atoms with van der Waals surface area (Å²) in [6.07, 6.45) is 1.80. The number of aryl methyl sites for hydroxylation is 1. The smallest absolute Gasteiger partial charge is 0.115 e. The molecule has 0 saturated carbocycles. The number of anilines is 2. The fraction of sp³-hybridized carbons (Fsp3) is 0.0588. The Bertz CT molecular complexity index is 979. The minimum absolute atomic E-state index is 0.